The average molecular weight is 461 g/mol. The van der Waals surface area contributed by atoms with E-state index in [-0.39, 0.29) is 36.4 Å². The predicted octanol–water partition coefficient (Wildman–Crippen LogP) is 3.93. The summed E-state index contributed by atoms with van der Waals surface area (Å²) in [6, 6.07) is 5.16. The molecule has 0 bridgehead atoms. The third-order valence-electron chi connectivity index (χ3n) is 5.31. The molecule has 0 aromatic heterocycles. The summed E-state index contributed by atoms with van der Waals surface area (Å²) in [5.41, 5.74) is 2.15. The molecule has 1 aliphatic carbocycles. The van der Waals surface area contributed by atoms with Crippen molar-refractivity contribution in [3.05, 3.63) is 35.1 Å². The Morgan fingerprint density at radius 2 is 2.16 bits per heavy atom. The zero-order chi connectivity index (χ0) is 17.0. The van der Waals surface area contributed by atoms with Crippen LogP contribution in [0.25, 0.3) is 0 Å². The molecule has 1 saturated heterocycles. The van der Waals surface area contributed by atoms with Crippen LogP contribution < -0.4 is 5.32 Å². The molecule has 0 atom stereocenters. The van der Waals surface area contributed by atoms with Crippen LogP contribution >= 0.6 is 24.0 Å². The minimum atomic E-state index is -0.219. The lowest BCUT2D eigenvalue weighted by Gasteiger charge is -2.38. The summed E-state index contributed by atoms with van der Waals surface area (Å²) in [5.74, 6) is 0.766. The van der Waals surface area contributed by atoms with Crippen LogP contribution in [0.1, 0.15) is 43.7 Å². The van der Waals surface area contributed by atoms with E-state index in [1.807, 2.05) is 6.07 Å². The molecular weight excluding hydrogens is 432 g/mol. The van der Waals surface area contributed by atoms with Gasteiger partial charge in [-0.1, -0.05) is 12.5 Å². The highest BCUT2D eigenvalue weighted by Crippen LogP contribution is 2.47. The number of hydrogen-bond acceptors (Lipinski definition) is 2. The van der Waals surface area contributed by atoms with Crippen molar-refractivity contribution in [1.29, 1.82) is 0 Å². The van der Waals surface area contributed by atoms with Crippen molar-refractivity contribution in [2.24, 2.45) is 10.4 Å². The molecular formula is C19H29FIN3O. The first-order valence-electron chi connectivity index (χ1n) is 8.95. The lowest BCUT2D eigenvalue weighted by Crippen LogP contribution is -2.42. The van der Waals surface area contributed by atoms with Crippen LogP contribution in [0.2, 0.25) is 0 Å². The van der Waals surface area contributed by atoms with Gasteiger partial charge in [-0.2, -0.15) is 0 Å². The number of ether oxygens (including phenoxy) is 1. The first kappa shape index (κ1) is 20.4. The third-order valence-corrected chi connectivity index (χ3v) is 5.31. The van der Waals surface area contributed by atoms with Crippen molar-refractivity contribution in [2.75, 3.05) is 26.7 Å². The monoisotopic (exact) mass is 461 g/mol. The average Bonchev–Trinajstić information content (AvgIpc) is 3.00. The molecule has 1 spiro atoms. The van der Waals surface area contributed by atoms with Crippen molar-refractivity contribution in [3.8, 4) is 0 Å². The van der Waals surface area contributed by atoms with E-state index in [0.717, 1.165) is 31.2 Å². The lowest BCUT2D eigenvalue weighted by molar-refractivity contribution is 0.151. The molecule has 1 aromatic carbocycles. The summed E-state index contributed by atoms with van der Waals surface area (Å²) in [5, 5.41) is 3.41. The van der Waals surface area contributed by atoms with E-state index in [2.05, 4.69) is 17.1 Å². The molecule has 140 valence electrons. The summed E-state index contributed by atoms with van der Waals surface area (Å²) < 4.78 is 18.8. The van der Waals surface area contributed by atoms with Crippen LogP contribution in [0, 0.1) is 11.2 Å². The number of aliphatic imine (C=N–C) groups is 1. The van der Waals surface area contributed by atoms with Crippen molar-refractivity contribution in [2.45, 2.75) is 45.8 Å². The molecule has 6 heteroatoms. The molecule has 0 radical (unpaired) electrons. The Bertz CT molecular complexity index is 604. The van der Waals surface area contributed by atoms with Gasteiger partial charge in [-0.25, -0.2) is 9.38 Å². The van der Waals surface area contributed by atoms with Gasteiger partial charge in [0.15, 0.2) is 5.96 Å². The van der Waals surface area contributed by atoms with Gasteiger partial charge < -0.3 is 15.0 Å². The maximum absolute atomic E-state index is 13.7. The number of benzene rings is 1. The number of halogens is 2. The SMILES string of the molecule is CCNC(=NCc1ccc(F)c(COC)c1)N1CCC2(CCC2)C1.I. The first-order chi connectivity index (χ1) is 11.7. The van der Waals surface area contributed by atoms with Crippen LogP contribution in [-0.2, 0) is 17.9 Å². The van der Waals surface area contributed by atoms with E-state index in [4.69, 9.17) is 9.73 Å². The zero-order valence-corrected chi connectivity index (χ0v) is 17.5. The van der Waals surface area contributed by atoms with E-state index in [0.29, 0.717) is 17.5 Å². The van der Waals surface area contributed by atoms with Gasteiger partial charge in [0.25, 0.3) is 0 Å². The molecule has 4 nitrogen and oxygen atoms in total. The second kappa shape index (κ2) is 9.16. The van der Waals surface area contributed by atoms with Gasteiger partial charge >= 0.3 is 0 Å². The normalized spacial score (nSPS) is 18.8. The van der Waals surface area contributed by atoms with Gasteiger partial charge in [-0.3, -0.25) is 0 Å². The highest BCUT2D eigenvalue weighted by Gasteiger charge is 2.43. The Labute approximate surface area is 167 Å². The third kappa shape index (κ3) is 4.84. The fraction of sp³-hybridized carbons (Fsp3) is 0.632. The highest BCUT2D eigenvalue weighted by molar-refractivity contribution is 14.0. The number of guanidine groups is 1. The fourth-order valence-corrected chi connectivity index (χ4v) is 3.79. The van der Waals surface area contributed by atoms with E-state index in [1.165, 1.54) is 31.7 Å². The molecule has 3 rings (SSSR count). The largest absolute Gasteiger partial charge is 0.380 e. The van der Waals surface area contributed by atoms with Gasteiger partial charge in [0.1, 0.15) is 5.82 Å². The molecule has 0 amide bonds. The van der Waals surface area contributed by atoms with Crippen LogP contribution in [-0.4, -0.2) is 37.6 Å². The quantitative estimate of drug-likeness (QED) is 0.410. The topological polar surface area (TPSA) is 36.9 Å². The maximum Gasteiger partial charge on any atom is 0.194 e. The predicted molar refractivity (Wildman–Crippen MR) is 110 cm³/mol. The Kier molecular flexibility index (Phi) is 7.49. The van der Waals surface area contributed by atoms with Gasteiger partial charge in [0.2, 0.25) is 0 Å². The van der Waals surface area contributed by atoms with Crippen molar-refractivity contribution in [3.63, 3.8) is 0 Å². The van der Waals surface area contributed by atoms with Gasteiger partial charge in [0.05, 0.1) is 13.2 Å². The van der Waals surface area contributed by atoms with Crippen LogP contribution in [0.4, 0.5) is 4.39 Å². The van der Waals surface area contributed by atoms with E-state index < -0.39 is 0 Å². The molecule has 1 aliphatic heterocycles. The van der Waals surface area contributed by atoms with E-state index in [9.17, 15) is 4.39 Å². The standard InChI is InChI=1S/C19H28FN3O.HI/c1-3-21-18(23-10-9-19(14-23)7-4-8-19)22-12-15-5-6-17(20)16(11-15)13-24-2;/h5-6,11H,3-4,7-10,12-14H2,1-2H3,(H,21,22);1H. The summed E-state index contributed by atoms with van der Waals surface area (Å²) in [7, 11) is 1.58. The molecule has 1 heterocycles. The van der Waals surface area contributed by atoms with Crippen LogP contribution in [0.5, 0.6) is 0 Å². The molecule has 2 aliphatic rings. The van der Waals surface area contributed by atoms with Crippen LogP contribution in [0.15, 0.2) is 23.2 Å². The van der Waals surface area contributed by atoms with E-state index >= 15 is 0 Å². The Hall–Kier alpha value is -0.890. The Balaban J connectivity index is 0.00000225. The molecule has 1 aromatic rings. The molecule has 0 unspecified atom stereocenters. The summed E-state index contributed by atoms with van der Waals surface area (Å²) in [4.78, 5) is 7.18. The number of methoxy groups -OCH3 is 1. The van der Waals surface area contributed by atoms with Gasteiger partial charge in [-0.05, 0) is 49.3 Å². The summed E-state index contributed by atoms with van der Waals surface area (Å²) >= 11 is 0. The number of nitrogens with one attached hydrogen (secondary N) is 1. The smallest absolute Gasteiger partial charge is 0.194 e. The molecule has 2 fully saturated rings. The van der Waals surface area contributed by atoms with Crippen LogP contribution in [0.3, 0.4) is 0 Å². The Morgan fingerprint density at radius 1 is 1.36 bits per heavy atom. The number of hydrogen-bond donors (Lipinski definition) is 1. The summed E-state index contributed by atoms with van der Waals surface area (Å²) in [6.07, 6.45) is 5.38. The zero-order valence-electron chi connectivity index (χ0n) is 15.2. The lowest BCUT2D eigenvalue weighted by atomic mass is 9.68. The minimum absolute atomic E-state index is 0. The minimum Gasteiger partial charge on any atom is -0.380 e. The molecule has 1 saturated carbocycles. The highest BCUT2D eigenvalue weighted by atomic mass is 127. The fourth-order valence-electron chi connectivity index (χ4n) is 3.79. The van der Waals surface area contributed by atoms with Crippen molar-refractivity contribution < 1.29 is 9.13 Å². The molecule has 25 heavy (non-hydrogen) atoms. The number of rotatable bonds is 5. The van der Waals surface area contributed by atoms with E-state index in [1.54, 1.807) is 13.2 Å². The summed E-state index contributed by atoms with van der Waals surface area (Å²) in [6.45, 7) is 6.02. The number of likely N-dealkylation sites (tertiary alicyclic amines) is 1. The maximum atomic E-state index is 13.7. The molecule has 1 N–H and O–H groups in total. The van der Waals surface area contributed by atoms with Gasteiger partial charge in [-0.15, -0.1) is 24.0 Å². The van der Waals surface area contributed by atoms with Crippen molar-refractivity contribution in [1.82, 2.24) is 10.2 Å². The number of nitrogens with zero attached hydrogens (tertiary/aromatic N) is 2. The van der Waals surface area contributed by atoms with Crippen molar-refractivity contribution >= 4 is 29.9 Å². The second-order valence-corrected chi connectivity index (χ2v) is 7.05. The second-order valence-electron chi connectivity index (χ2n) is 7.05. The first-order valence-corrected chi connectivity index (χ1v) is 8.95. The Morgan fingerprint density at radius 3 is 2.76 bits per heavy atom. The van der Waals surface area contributed by atoms with Gasteiger partial charge in [0, 0.05) is 32.3 Å².